The number of anilines is 1. The molecule has 0 saturated heterocycles. The molecule has 2 rings (SSSR count). The summed E-state index contributed by atoms with van der Waals surface area (Å²) in [6.07, 6.45) is 1.48. The Balaban J connectivity index is 2.34. The Labute approximate surface area is 103 Å². The minimum Gasteiger partial charge on any atom is -0.456 e. The maximum absolute atomic E-state index is 13.4. The predicted octanol–water partition coefficient (Wildman–Crippen LogP) is 2.17. The smallest absolute Gasteiger partial charge is 0.148 e. The van der Waals surface area contributed by atoms with E-state index in [-0.39, 0.29) is 11.3 Å². The molecule has 0 fully saturated rings. The number of hydrogen-bond donors (Lipinski definition) is 2. The van der Waals surface area contributed by atoms with E-state index in [4.69, 9.17) is 15.8 Å². The van der Waals surface area contributed by atoms with Gasteiger partial charge in [0.05, 0.1) is 0 Å². The molecule has 1 heterocycles. The van der Waals surface area contributed by atoms with Crippen molar-refractivity contribution in [1.82, 2.24) is 4.98 Å². The molecule has 0 saturated carbocycles. The summed E-state index contributed by atoms with van der Waals surface area (Å²) in [5.74, 6) is 5.54. The number of halogens is 1. The van der Waals surface area contributed by atoms with Crippen LogP contribution in [0.4, 0.5) is 10.2 Å². The number of nitrogens with zero attached hydrogens (tertiary/aromatic N) is 2. The van der Waals surface area contributed by atoms with Gasteiger partial charge in [0.2, 0.25) is 0 Å². The van der Waals surface area contributed by atoms with Crippen LogP contribution in [0.3, 0.4) is 0 Å². The average Bonchev–Trinajstić information content (AvgIpc) is 2.39. The number of nitrogen functional groups attached to an aromatic ring is 1. The van der Waals surface area contributed by atoms with Crippen LogP contribution in [-0.2, 0) is 0 Å². The maximum Gasteiger partial charge on any atom is 0.148 e. The Hall–Kier alpha value is -2.65. The highest BCUT2D eigenvalue weighted by Crippen LogP contribution is 2.27. The van der Waals surface area contributed by atoms with E-state index in [0.29, 0.717) is 11.6 Å². The Morgan fingerprint density at radius 2 is 2.22 bits per heavy atom. The normalized spacial score (nSPS) is 9.61. The molecule has 0 unspecified atom stereocenters. The Morgan fingerprint density at radius 1 is 1.39 bits per heavy atom. The van der Waals surface area contributed by atoms with E-state index < -0.39 is 5.82 Å². The van der Waals surface area contributed by atoms with Crippen molar-refractivity contribution in [3.05, 3.63) is 47.9 Å². The molecular weight excluding hydrogens is 235 g/mol. The molecule has 1 aromatic carbocycles. The fourth-order valence-corrected chi connectivity index (χ4v) is 1.38. The van der Waals surface area contributed by atoms with Crippen molar-refractivity contribution in [2.24, 2.45) is 5.84 Å². The molecule has 18 heavy (non-hydrogen) atoms. The Kier molecular flexibility index (Phi) is 3.36. The highest BCUT2D eigenvalue weighted by molar-refractivity contribution is 5.47. The molecule has 0 aliphatic rings. The first-order valence-electron chi connectivity index (χ1n) is 5.03. The second kappa shape index (κ2) is 5.12. The molecule has 6 heteroatoms. The zero-order chi connectivity index (χ0) is 13.0. The van der Waals surface area contributed by atoms with Gasteiger partial charge < -0.3 is 10.2 Å². The molecule has 0 amide bonds. The van der Waals surface area contributed by atoms with Crippen LogP contribution in [0, 0.1) is 17.1 Å². The quantitative estimate of drug-likeness (QED) is 0.638. The summed E-state index contributed by atoms with van der Waals surface area (Å²) >= 11 is 0. The van der Waals surface area contributed by atoms with Gasteiger partial charge in [0.25, 0.3) is 0 Å². The minimum absolute atomic E-state index is 0.142. The summed E-state index contributed by atoms with van der Waals surface area (Å²) in [5.41, 5.74) is 2.22. The molecule has 3 N–H and O–H groups in total. The van der Waals surface area contributed by atoms with E-state index in [1.165, 1.54) is 30.5 Å². The lowest BCUT2D eigenvalue weighted by Gasteiger charge is -2.08. The van der Waals surface area contributed by atoms with Crippen molar-refractivity contribution in [2.75, 3.05) is 5.43 Å². The molecule has 2 aromatic rings. The number of nitriles is 1. The summed E-state index contributed by atoms with van der Waals surface area (Å²) in [6, 6.07) is 9.04. The van der Waals surface area contributed by atoms with Crippen molar-refractivity contribution in [3.63, 3.8) is 0 Å². The zero-order valence-corrected chi connectivity index (χ0v) is 9.22. The second-order valence-electron chi connectivity index (χ2n) is 3.35. The third-order valence-corrected chi connectivity index (χ3v) is 2.19. The van der Waals surface area contributed by atoms with Crippen molar-refractivity contribution in [2.45, 2.75) is 0 Å². The zero-order valence-electron chi connectivity index (χ0n) is 9.22. The van der Waals surface area contributed by atoms with Gasteiger partial charge in [0.15, 0.2) is 0 Å². The topological polar surface area (TPSA) is 84.0 Å². The van der Waals surface area contributed by atoms with Crippen LogP contribution in [0.2, 0.25) is 0 Å². The molecule has 1 aromatic heterocycles. The van der Waals surface area contributed by atoms with Crippen molar-refractivity contribution < 1.29 is 9.13 Å². The van der Waals surface area contributed by atoms with E-state index in [1.54, 1.807) is 12.1 Å². The fourth-order valence-electron chi connectivity index (χ4n) is 1.38. The predicted molar refractivity (Wildman–Crippen MR) is 63.2 cm³/mol. The van der Waals surface area contributed by atoms with Crippen LogP contribution in [-0.4, -0.2) is 4.98 Å². The number of hydrazine groups is 1. The number of benzene rings is 1. The van der Waals surface area contributed by atoms with Crippen LogP contribution in [0.25, 0.3) is 0 Å². The first-order valence-corrected chi connectivity index (χ1v) is 5.03. The molecule has 0 spiro atoms. The van der Waals surface area contributed by atoms with Crippen molar-refractivity contribution >= 4 is 5.82 Å². The van der Waals surface area contributed by atoms with E-state index >= 15 is 0 Å². The van der Waals surface area contributed by atoms with Gasteiger partial charge in [-0.15, -0.1) is 0 Å². The van der Waals surface area contributed by atoms with Gasteiger partial charge in [-0.1, -0.05) is 6.07 Å². The van der Waals surface area contributed by atoms with Gasteiger partial charge in [-0.25, -0.2) is 15.2 Å². The number of ether oxygens (including phenoxy) is 1. The minimum atomic E-state index is -0.624. The summed E-state index contributed by atoms with van der Waals surface area (Å²) in [5, 5.41) is 8.86. The van der Waals surface area contributed by atoms with E-state index in [1.807, 2.05) is 0 Å². The molecule has 0 aliphatic carbocycles. The standard InChI is InChI=1S/C12H9FN4O/c13-10-2-1-3-11(9(10)7-14)18-8-4-5-16-12(6-8)17-15/h1-6H,15H2,(H,16,17). The van der Waals surface area contributed by atoms with Crippen molar-refractivity contribution in [1.29, 1.82) is 5.26 Å². The van der Waals surface area contributed by atoms with Crippen molar-refractivity contribution in [3.8, 4) is 17.6 Å². The van der Waals surface area contributed by atoms with E-state index in [9.17, 15) is 4.39 Å². The summed E-state index contributed by atoms with van der Waals surface area (Å²) in [6.45, 7) is 0. The second-order valence-corrected chi connectivity index (χ2v) is 3.35. The number of nitrogens with one attached hydrogen (secondary N) is 1. The molecule has 90 valence electrons. The third kappa shape index (κ3) is 2.36. The number of aromatic nitrogens is 1. The monoisotopic (exact) mass is 244 g/mol. The Bertz CT molecular complexity index is 609. The fraction of sp³-hybridized carbons (Fsp3) is 0. The highest BCUT2D eigenvalue weighted by atomic mass is 19.1. The van der Waals surface area contributed by atoms with Crippen LogP contribution in [0.15, 0.2) is 36.5 Å². The average molecular weight is 244 g/mol. The van der Waals surface area contributed by atoms with Gasteiger partial charge in [-0.2, -0.15) is 5.26 Å². The highest BCUT2D eigenvalue weighted by Gasteiger charge is 2.09. The number of rotatable bonds is 3. The lowest BCUT2D eigenvalue weighted by atomic mass is 10.2. The van der Waals surface area contributed by atoms with Crippen LogP contribution in [0.1, 0.15) is 5.56 Å². The van der Waals surface area contributed by atoms with Crippen LogP contribution >= 0.6 is 0 Å². The van der Waals surface area contributed by atoms with Crippen LogP contribution in [0.5, 0.6) is 11.5 Å². The summed E-state index contributed by atoms with van der Waals surface area (Å²) in [7, 11) is 0. The van der Waals surface area contributed by atoms with Gasteiger partial charge in [0, 0.05) is 12.3 Å². The first-order chi connectivity index (χ1) is 8.74. The van der Waals surface area contributed by atoms with Gasteiger partial charge >= 0.3 is 0 Å². The summed E-state index contributed by atoms with van der Waals surface area (Å²) in [4.78, 5) is 3.90. The molecule has 5 nitrogen and oxygen atoms in total. The SMILES string of the molecule is N#Cc1c(F)cccc1Oc1ccnc(NN)c1. The largest absolute Gasteiger partial charge is 0.456 e. The molecule has 0 aliphatic heterocycles. The number of nitrogens with two attached hydrogens (primary N) is 1. The van der Waals surface area contributed by atoms with E-state index in [0.717, 1.165) is 0 Å². The molecular formula is C12H9FN4O. The molecule has 0 bridgehead atoms. The van der Waals surface area contributed by atoms with Gasteiger partial charge in [-0.3, -0.25) is 0 Å². The summed E-state index contributed by atoms with van der Waals surface area (Å²) < 4.78 is 18.8. The van der Waals surface area contributed by atoms with E-state index in [2.05, 4.69) is 10.4 Å². The maximum atomic E-state index is 13.4. The first kappa shape index (κ1) is 11.8. The molecule has 0 atom stereocenters. The van der Waals surface area contributed by atoms with Gasteiger partial charge in [-0.05, 0) is 18.2 Å². The lowest BCUT2D eigenvalue weighted by molar-refractivity contribution is 0.474. The lowest BCUT2D eigenvalue weighted by Crippen LogP contribution is -2.08. The van der Waals surface area contributed by atoms with Gasteiger partial charge in [0.1, 0.15) is 34.8 Å². The molecule has 0 radical (unpaired) electrons. The third-order valence-electron chi connectivity index (χ3n) is 2.19. The van der Waals surface area contributed by atoms with Crippen LogP contribution < -0.4 is 16.0 Å². The number of hydrogen-bond acceptors (Lipinski definition) is 5. The Morgan fingerprint density at radius 3 is 2.94 bits per heavy atom. The number of pyridine rings is 1.